The minimum absolute atomic E-state index is 0.174. The van der Waals surface area contributed by atoms with Crippen molar-refractivity contribution in [2.24, 2.45) is 5.41 Å². The van der Waals surface area contributed by atoms with Gasteiger partial charge in [-0.15, -0.1) is 0 Å². The fraction of sp³-hybridized carbons (Fsp3) is 0.500. The first-order valence-electron chi connectivity index (χ1n) is 7.59. The van der Waals surface area contributed by atoms with Gasteiger partial charge in [-0.1, -0.05) is 37.7 Å². The molecular weight excluding hydrogens is 377 g/mol. The molecule has 0 saturated carbocycles. The van der Waals surface area contributed by atoms with Gasteiger partial charge in [-0.3, -0.25) is 0 Å². The molecule has 26 heavy (non-hydrogen) atoms. The first-order chi connectivity index (χ1) is 12.0. The van der Waals surface area contributed by atoms with Crippen molar-refractivity contribution in [3.63, 3.8) is 0 Å². The molecule has 0 fully saturated rings. The Hall–Kier alpha value is -1.68. The van der Waals surface area contributed by atoms with E-state index in [9.17, 15) is 27.1 Å². The van der Waals surface area contributed by atoms with Crippen molar-refractivity contribution in [1.82, 2.24) is 14.8 Å². The van der Waals surface area contributed by atoms with Crippen molar-refractivity contribution in [3.05, 3.63) is 48.3 Å². The molecule has 0 aliphatic carbocycles. The maximum atomic E-state index is 13.4. The number of hydrogen-bond acceptors (Lipinski definition) is 4. The van der Waals surface area contributed by atoms with E-state index in [1.165, 1.54) is 43.3 Å². The summed E-state index contributed by atoms with van der Waals surface area (Å²) in [5.41, 5.74) is -2.83. The molecule has 4 nitrogen and oxygen atoms in total. The summed E-state index contributed by atoms with van der Waals surface area (Å²) >= 11 is -0.232. The van der Waals surface area contributed by atoms with Crippen LogP contribution in [0, 0.1) is 11.2 Å². The molecule has 0 aliphatic rings. The van der Waals surface area contributed by atoms with E-state index in [0.717, 1.165) is 12.1 Å². The molecule has 1 heterocycles. The lowest BCUT2D eigenvalue weighted by molar-refractivity contribution is -0.0810. The van der Waals surface area contributed by atoms with Gasteiger partial charge in [0.15, 0.2) is 0 Å². The van der Waals surface area contributed by atoms with Crippen molar-refractivity contribution in [3.8, 4) is 0 Å². The molecular formula is C16H18F5N3OS. The van der Waals surface area contributed by atoms with Crippen LogP contribution in [-0.4, -0.2) is 37.3 Å². The van der Waals surface area contributed by atoms with E-state index in [1.807, 2.05) is 0 Å². The lowest BCUT2D eigenvalue weighted by atomic mass is 9.72. The minimum atomic E-state index is -4.24. The van der Waals surface area contributed by atoms with E-state index in [2.05, 4.69) is 10.1 Å². The summed E-state index contributed by atoms with van der Waals surface area (Å²) in [7, 11) is 0. The van der Waals surface area contributed by atoms with E-state index in [-0.39, 0.29) is 23.9 Å². The molecule has 1 aromatic heterocycles. The lowest BCUT2D eigenvalue weighted by Crippen LogP contribution is -2.47. The summed E-state index contributed by atoms with van der Waals surface area (Å²) in [5.74, 6) is -1.01. The molecule has 0 saturated heterocycles. The number of alkyl halides is 4. The Bertz CT molecular complexity index is 709. The van der Waals surface area contributed by atoms with Crippen LogP contribution < -0.4 is 0 Å². The highest BCUT2D eigenvalue weighted by molar-refractivity contribution is 8.00. The van der Waals surface area contributed by atoms with Crippen LogP contribution in [0.25, 0.3) is 0 Å². The van der Waals surface area contributed by atoms with Gasteiger partial charge in [0.1, 0.15) is 24.1 Å². The first kappa shape index (κ1) is 20.6. The highest BCUT2D eigenvalue weighted by Crippen LogP contribution is 2.47. The van der Waals surface area contributed by atoms with Crippen molar-refractivity contribution < 1.29 is 27.1 Å². The van der Waals surface area contributed by atoms with Gasteiger partial charge in [0.2, 0.25) is 0 Å². The van der Waals surface area contributed by atoms with E-state index >= 15 is 0 Å². The lowest BCUT2D eigenvalue weighted by Gasteiger charge is -2.43. The summed E-state index contributed by atoms with van der Waals surface area (Å²) in [6.07, 6.45) is -1.26. The molecule has 0 bridgehead atoms. The zero-order chi connectivity index (χ0) is 19.6. The second kappa shape index (κ2) is 7.51. The molecule has 1 aromatic carbocycles. The Morgan fingerprint density at radius 3 is 2.31 bits per heavy atom. The quantitative estimate of drug-likeness (QED) is 0.689. The predicted octanol–water partition coefficient (Wildman–Crippen LogP) is 3.92. The van der Waals surface area contributed by atoms with Gasteiger partial charge in [-0.25, -0.2) is 22.8 Å². The highest BCUT2D eigenvalue weighted by Gasteiger charge is 2.49. The molecule has 0 unspecified atom stereocenters. The van der Waals surface area contributed by atoms with Crippen LogP contribution in [0.2, 0.25) is 0 Å². The molecule has 0 radical (unpaired) electrons. The Balaban J connectivity index is 2.36. The van der Waals surface area contributed by atoms with Gasteiger partial charge in [0, 0.05) is 11.2 Å². The van der Waals surface area contributed by atoms with Gasteiger partial charge >= 0.3 is 11.7 Å². The van der Waals surface area contributed by atoms with Crippen LogP contribution in [0.1, 0.15) is 19.4 Å². The van der Waals surface area contributed by atoms with Gasteiger partial charge in [-0.2, -0.15) is 13.9 Å². The Morgan fingerprint density at radius 2 is 1.81 bits per heavy atom. The van der Waals surface area contributed by atoms with E-state index in [0.29, 0.717) is 0 Å². The third kappa shape index (κ3) is 4.35. The topological polar surface area (TPSA) is 50.9 Å². The molecule has 2 aromatic rings. The zero-order valence-electron chi connectivity index (χ0n) is 14.0. The summed E-state index contributed by atoms with van der Waals surface area (Å²) in [6, 6.07) is 4.89. The zero-order valence-corrected chi connectivity index (χ0v) is 14.9. The van der Waals surface area contributed by atoms with E-state index < -0.39 is 34.3 Å². The van der Waals surface area contributed by atoms with Crippen molar-refractivity contribution in [2.45, 2.75) is 37.7 Å². The summed E-state index contributed by atoms with van der Waals surface area (Å²) in [5, 5.41) is 11.0. The van der Waals surface area contributed by atoms with Crippen LogP contribution >= 0.6 is 11.8 Å². The Kier molecular flexibility index (Phi) is 5.96. The molecule has 0 aliphatic heterocycles. The molecule has 10 heteroatoms. The second-order valence-electron chi connectivity index (χ2n) is 6.50. The van der Waals surface area contributed by atoms with Crippen LogP contribution in [0.5, 0.6) is 0 Å². The standard InChI is InChI=1S/C16H18F5N3OS/c1-14(2,8-26-16(20,21)13(18)19)15(25,7-24-10-22-9-23-24)11-3-5-12(17)6-4-11/h3-6,9-10,13,25H,7-8H2,1-2H3/t15-/m0/s1. The van der Waals surface area contributed by atoms with E-state index in [1.54, 1.807) is 0 Å². The third-order valence-electron chi connectivity index (χ3n) is 4.18. The van der Waals surface area contributed by atoms with Crippen LogP contribution in [0.3, 0.4) is 0 Å². The van der Waals surface area contributed by atoms with Gasteiger partial charge in [-0.05, 0) is 17.7 Å². The summed E-state index contributed by atoms with van der Waals surface area (Å²) < 4.78 is 66.2. The van der Waals surface area contributed by atoms with Crippen molar-refractivity contribution in [1.29, 1.82) is 0 Å². The molecule has 2 rings (SSSR count). The first-order valence-corrected chi connectivity index (χ1v) is 8.57. The smallest absolute Gasteiger partial charge is 0.353 e. The minimum Gasteiger partial charge on any atom is -0.383 e. The molecule has 1 atom stereocenters. The molecule has 1 N–H and O–H groups in total. The van der Waals surface area contributed by atoms with Gasteiger partial charge < -0.3 is 5.11 Å². The molecule has 144 valence electrons. The summed E-state index contributed by atoms with van der Waals surface area (Å²) in [4.78, 5) is 3.76. The number of hydrogen-bond donors (Lipinski definition) is 1. The third-order valence-corrected chi connectivity index (χ3v) is 5.61. The average molecular weight is 395 g/mol. The van der Waals surface area contributed by atoms with Crippen molar-refractivity contribution in [2.75, 3.05) is 5.75 Å². The number of rotatable bonds is 8. The fourth-order valence-electron chi connectivity index (χ4n) is 2.43. The summed E-state index contributed by atoms with van der Waals surface area (Å²) in [6.45, 7) is 2.77. The van der Waals surface area contributed by atoms with Crippen LogP contribution in [0.4, 0.5) is 22.0 Å². The SMILES string of the molecule is CC(C)(CSC(F)(F)C(F)F)[C@](O)(Cn1cncn1)c1ccc(F)cc1. The predicted molar refractivity (Wildman–Crippen MR) is 87.5 cm³/mol. The molecule has 0 spiro atoms. The normalized spacial score (nSPS) is 15.3. The monoisotopic (exact) mass is 395 g/mol. The second-order valence-corrected chi connectivity index (χ2v) is 7.62. The van der Waals surface area contributed by atoms with Crippen molar-refractivity contribution >= 4 is 11.8 Å². The number of benzene rings is 1. The van der Waals surface area contributed by atoms with Crippen LogP contribution in [0.15, 0.2) is 36.9 Å². The maximum Gasteiger partial charge on any atom is 0.353 e. The highest BCUT2D eigenvalue weighted by atomic mass is 32.2. The molecule has 0 amide bonds. The van der Waals surface area contributed by atoms with Gasteiger partial charge in [0.25, 0.3) is 0 Å². The van der Waals surface area contributed by atoms with E-state index in [4.69, 9.17) is 0 Å². The number of halogens is 5. The Labute approximate surface area is 151 Å². The Morgan fingerprint density at radius 1 is 1.19 bits per heavy atom. The van der Waals surface area contributed by atoms with Gasteiger partial charge in [0.05, 0.1) is 6.54 Å². The number of nitrogens with zero attached hydrogens (tertiary/aromatic N) is 3. The number of thioether (sulfide) groups is 1. The number of aliphatic hydroxyl groups is 1. The fourth-order valence-corrected chi connectivity index (χ4v) is 3.35. The largest absolute Gasteiger partial charge is 0.383 e. The average Bonchev–Trinajstić information content (AvgIpc) is 3.06. The number of aromatic nitrogens is 3. The maximum absolute atomic E-state index is 13.4. The van der Waals surface area contributed by atoms with Crippen LogP contribution in [-0.2, 0) is 12.1 Å².